The molecule has 0 aliphatic carbocycles. The molecule has 0 radical (unpaired) electrons. The van der Waals surface area contributed by atoms with Gasteiger partial charge in [-0.15, -0.1) is 0 Å². The van der Waals surface area contributed by atoms with Gasteiger partial charge in [-0.05, 0) is 24.3 Å². The maximum Gasteiger partial charge on any atom is 0.416 e. The Kier molecular flexibility index (Phi) is 3.44. The normalized spacial score (nSPS) is 11.4. The van der Waals surface area contributed by atoms with Gasteiger partial charge in [0.15, 0.2) is 0 Å². The van der Waals surface area contributed by atoms with Gasteiger partial charge >= 0.3 is 12.1 Å². The summed E-state index contributed by atoms with van der Waals surface area (Å²) in [7, 11) is 0. The SMILES string of the molecule is O=C(O)c1ccc(F)c(-c2ccc(C(F)(F)F)cc2)n1. The van der Waals surface area contributed by atoms with E-state index in [0.29, 0.717) is 0 Å². The number of halogens is 4. The summed E-state index contributed by atoms with van der Waals surface area (Å²) >= 11 is 0. The Morgan fingerprint density at radius 1 is 1.05 bits per heavy atom. The molecule has 0 bridgehead atoms. The summed E-state index contributed by atoms with van der Waals surface area (Å²) in [6, 6.07) is 5.53. The highest BCUT2D eigenvalue weighted by Gasteiger charge is 2.30. The first-order chi connectivity index (χ1) is 9.29. The third kappa shape index (κ3) is 2.76. The van der Waals surface area contributed by atoms with Gasteiger partial charge in [-0.1, -0.05) is 12.1 Å². The zero-order valence-electron chi connectivity index (χ0n) is 9.78. The van der Waals surface area contributed by atoms with Crippen LogP contribution in [0.5, 0.6) is 0 Å². The van der Waals surface area contributed by atoms with Crippen molar-refractivity contribution in [3.8, 4) is 11.3 Å². The average Bonchev–Trinajstić information content (AvgIpc) is 2.38. The molecule has 20 heavy (non-hydrogen) atoms. The van der Waals surface area contributed by atoms with Crippen LogP contribution in [0.1, 0.15) is 16.1 Å². The van der Waals surface area contributed by atoms with Crippen LogP contribution in [0, 0.1) is 5.82 Å². The monoisotopic (exact) mass is 285 g/mol. The predicted molar refractivity (Wildman–Crippen MR) is 61.6 cm³/mol. The van der Waals surface area contributed by atoms with Crippen molar-refractivity contribution in [2.24, 2.45) is 0 Å². The number of aromatic nitrogens is 1. The first-order valence-electron chi connectivity index (χ1n) is 5.36. The van der Waals surface area contributed by atoms with Gasteiger partial charge in [-0.3, -0.25) is 0 Å². The molecule has 0 fully saturated rings. The topological polar surface area (TPSA) is 50.2 Å². The minimum atomic E-state index is -4.49. The van der Waals surface area contributed by atoms with Crippen LogP contribution < -0.4 is 0 Å². The summed E-state index contributed by atoms with van der Waals surface area (Å²) in [5.74, 6) is -2.16. The molecule has 0 aliphatic rings. The van der Waals surface area contributed by atoms with Crippen molar-refractivity contribution in [3.05, 3.63) is 53.5 Å². The summed E-state index contributed by atoms with van der Waals surface area (Å²) in [6.07, 6.45) is -4.49. The lowest BCUT2D eigenvalue weighted by Crippen LogP contribution is -2.05. The highest BCUT2D eigenvalue weighted by Crippen LogP contribution is 2.31. The third-order valence-electron chi connectivity index (χ3n) is 2.55. The van der Waals surface area contributed by atoms with Crippen molar-refractivity contribution in [2.75, 3.05) is 0 Å². The molecular formula is C13H7F4NO2. The Labute approximate surface area is 110 Å². The van der Waals surface area contributed by atoms with Crippen molar-refractivity contribution >= 4 is 5.97 Å². The Balaban J connectivity index is 2.46. The number of carbonyl (C=O) groups is 1. The predicted octanol–water partition coefficient (Wildman–Crippen LogP) is 3.60. The number of nitrogens with zero attached hydrogens (tertiary/aromatic N) is 1. The van der Waals surface area contributed by atoms with Gasteiger partial charge in [0, 0.05) is 5.56 Å². The van der Waals surface area contributed by atoms with Crippen molar-refractivity contribution in [1.82, 2.24) is 4.98 Å². The highest BCUT2D eigenvalue weighted by molar-refractivity contribution is 5.86. The molecule has 2 aromatic rings. The van der Waals surface area contributed by atoms with Gasteiger partial charge in [0.05, 0.1) is 5.56 Å². The van der Waals surface area contributed by atoms with Gasteiger partial charge < -0.3 is 5.11 Å². The highest BCUT2D eigenvalue weighted by atomic mass is 19.4. The van der Waals surface area contributed by atoms with E-state index in [4.69, 9.17) is 5.11 Å². The Hall–Kier alpha value is -2.44. The molecular weight excluding hydrogens is 278 g/mol. The molecule has 0 atom stereocenters. The van der Waals surface area contributed by atoms with Crippen molar-refractivity contribution in [2.45, 2.75) is 6.18 Å². The molecule has 0 aliphatic heterocycles. The summed E-state index contributed by atoms with van der Waals surface area (Å²) in [6.45, 7) is 0. The van der Waals surface area contributed by atoms with Crippen molar-refractivity contribution < 1.29 is 27.5 Å². The Bertz CT molecular complexity index is 650. The fraction of sp³-hybridized carbons (Fsp3) is 0.0769. The number of rotatable bonds is 2. The number of alkyl halides is 3. The number of aromatic carboxylic acids is 1. The zero-order valence-corrected chi connectivity index (χ0v) is 9.78. The fourth-order valence-electron chi connectivity index (χ4n) is 1.58. The van der Waals surface area contributed by atoms with E-state index in [-0.39, 0.29) is 17.0 Å². The second-order valence-electron chi connectivity index (χ2n) is 3.91. The summed E-state index contributed by atoms with van der Waals surface area (Å²) in [4.78, 5) is 14.3. The number of carboxylic acids is 1. The van der Waals surface area contributed by atoms with E-state index < -0.39 is 23.5 Å². The van der Waals surface area contributed by atoms with Crippen LogP contribution in [0.2, 0.25) is 0 Å². The van der Waals surface area contributed by atoms with Gasteiger partial charge in [0.25, 0.3) is 0 Å². The van der Waals surface area contributed by atoms with Gasteiger partial charge in [-0.25, -0.2) is 14.2 Å². The molecule has 0 unspecified atom stereocenters. The molecule has 0 saturated heterocycles. The molecule has 7 heteroatoms. The molecule has 1 aromatic heterocycles. The van der Waals surface area contributed by atoms with Crippen LogP contribution in [0.15, 0.2) is 36.4 Å². The number of hydrogen-bond acceptors (Lipinski definition) is 2. The van der Waals surface area contributed by atoms with Crippen LogP contribution >= 0.6 is 0 Å². The van der Waals surface area contributed by atoms with Crippen LogP contribution in [-0.2, 0) is 6.18 Å². The van der Waals surface area contributed by atoms with Gasteiger partial charge in [0.2, 0.25) is 0 Å². The van der Waals surface area contributed by atoms with E-state index in [0.717, 1.165) is 36.4 Å². The maximum absolute atomic E-state index is 13.6. The van der Waals surface area contributed by atoms with E-state index in [1.807, 2.05) is 0 Å². The molecule has 1 heterocycles. The number of benzene rings is 1. The smallest absolute Gasteiger partial charge is 0.416 e. The molecule has 1 N–H and O–H groups in total. The largest absolute Gasteiger partial charge is 0.477 e. The summed E-state index contributed by atoms with van der Waals surface area (Å²) in [5, 5.41) is 8.76. The van der Waals surface area contributed by atoms with E-state index >= 15 is 0 Å². The van der Waals surface area contributed by atoms with E-state index in [1.54, 1.807) is 0 Å². The minimum Gasteiger partial charge on any atom is -0.477 e. The second-order valence-corrected chi connectivity index (χ2v) is 3.91. The lowest BCUT2D eigenvalue weighted by molar-refractivity contribution is -0.137. The lowest BCUT2D eigenvalue weighted by atomic mass is 10.1. The maximum atomic E-state index is 13.6. The number of pyridine rings is 1. The first kappa shape index (κ1) is 14.0. The molecule has 104 valence electrons. The van der Waals surface area contributed by atoms with E-state index in [1.165, 1.54) is 0 Å². The number of hydrogen-bond donors (Lipinski definition) is 1. The second kappa shape index (κ2) is 4.92. The molecule has 0 spiro atoms. The van der Waals surface area contributed by atoms with Gasteiger partial charge in [0.1, 0.15) is 17.2 Å². The molecule has 0 amide bonds. The quantitative estimate of drug-likeness (QED) is 0.858. The third-order valence-corrected chi connectivity index (χ3v) is 2.55. The minimum absolute atomic E-state index is 0.0681. The Morgan fingerprint density at radius 2 is 1.65 bits per heavy atom. The van der Waals surface area contributed by atoms with Crippen LogP contribution in [0.4, 0.5) is 17.6 Å². The van der Waals surface area contributed by atoms with Crippen molar-refractivity contribution in [3.63, 3.8) is 0 Å². The number of carboxylic acid groups (broad SMARTS) is 1. The molecule has 1 aromatic carbocycles. The van der Waals surface area contributed by atoms with Crippen molar-refractivity contribution in [1.29, 1.82) is 0 Å². The first-order valence-corrected chi connectivity index (χ1v) is 5.36. The van der Waals surface area contributed by atoms with Crippen LogP contribution in [0.3, 0.4) is 0 Å². The van der Waals surface area contributed by atoms with Crippen LogP contribution in [0.25, 0.3) is 11.3 Å². The Morgan fingerprint density at radius 3 is 2.15 bits per heavy atom. The van der Waals surface area contributed by atoms with Crippen LogP contribution in [-0.4, -0.2) is 16.1 Å². The summed E-state index contributed by atoms with van der Waals surface area (Å²) in [5.41, 5.74) is -1.51. The summed E-state index contributed by atoms with van der Waals surface area (Å²) < 4.78 is 50.8. The van der Waals surface area contributed by atoms with Gasteiger partial charge in [-0.2, -0.15) is 13.2 Å². The molecule has 3 nitrogen and oxygen atoms in total. The fourth-order valence-corrected chi connectivity index (χ4v) is 1.58. The lowest BCUT2D eigenvalue weighted by Gasteiger charge is -2.08. The van der Waals surface area contributed by atoms with E-state index in [2.05, 4.69) is 4.98 Å². The standard InChI is InChI=1S/C13H7F4NO2/c14-9-5-6-10(12(19)20)18-11(9)7-1-3-8(4-2-7)13(15,16)17/h1-6H,(H,19,20). The average molecular weight is 285 g/mol. The zero-order chi connectivity index (χ0) is 14.9. The molecule has 2 rings (SSSR count). The molecule has 0 saturated carbocycles. The van der Waals surface area contributed by atoms with E-state index in [9.17, 15) is 22.4 Å².